The Kier molecular flexibility index (Phi) is 5.49. The fourth-order valence-electron chi connectivity index (χ4n) is 1.65. The Morgan fingerprint density at radius 2 is 1.83 bits per heavy atom. The molecule has 0 heterocycles. The number of methoxy groups -OCH3 is 2. The second kappa shape index (κ2) is 6.89. The molecular weight excluding hydrogens is 232 g/mol. The molecule has 0 radical (unpaired) electrons. The number of esters is 1. The lowest BCUT2D eigenvalue weighted by atomic mass is 10.2. The third kappa shape index (κ3) is 3.39. The molecule has 0 aliphatic carbocycles. The van der Waals surface area contributed by atoms with Crippen LogP contribution in [0.15, 0.2) is 18.2 Å². The summed E-state index contributed by atoms with van der Waals surface area (Å²) in [6.07, 6.45) is 1.93. The van der Waals surface area contributed by atoms with Crippen LogP contribution in [0, 0.1) is 0 Å². The van der Waals surface area contributed by atoms with Crippen molar-refractivity contribution >= 4 is 5.97 Å². The monoisotopic (exact) mass is 252 g/mol. The highest BCUT2D eigenvalue weighted by Crippen LogP contribution is 2.30. The van der Waals surface area contributed by atoms with E-state index in [4.69, 9.17) is 9.47 Å². The van der Waals surface area contributed by atoms with E-state index in [1.165, 1.54) is 7.11 Å². The number of rotatable bonds is 6. The van der Waals surface area contributed by atoms with Crippen molar-refractivity contribution in [3.8, 4) is 11.5 Å². The molecule has 4 heteroatoms. The minimum Gasteiger partial charge on any atom is -0.493 e. The third-order valence-corrected chi connectivity index (χ3v) is 2.79. The van der Waals surface area contributed by atoms with Crippen molar-refractivity contribution in [2.45, 2.75) is 32.8 Å². The maximum Gasteiger partial charge on any atom is 0.337 e. The molecule has 0 fully saturated rings. The van der Waals surface area contributed by atoms with Crippen LogP contribution in [0.2, 0.25) is 0 Å². The normalized spacial score (nSPS) is 10.3. The molecule has 1 aromatic carbocycles. The predicted molar refractivity (Wildman–Crippen MR) is 69.3 cm³/mol. The summed E-state index contributed by atoms with van der Waals surface area (Å²) < 4.78 is 15.8. The molecule has 0 aromatic heterocycles. The summed E-state index contributed by atoms with van der Waals surface area (Å²) in [6.45, 7) is 4.12. The van der Waals surface area contributed by atoms with Gasteiger partial charge in [0.1, 0.15) is 0 Å². The number of hydrogen-bond acceptors (Lipinski definition) is 4. The third-order valence-electron chi connectivity index (χ3n) is 2.79. The van der Waals surface area contributed by atoms with Crippen LogP contribution in [-0.2, 0) is 4.74 Å². The number of ether oxygens (including phenoxy) is 3. The van der Waals surface area contributed by atoms with Gasteiger partial charge in [0.15, 0.2) is 11.5 Å². The zero-order valence-electron chi connectivity index (χ0n) is 11.4. The highest BCUT2D eigenvalue weighted by atomic mass is 16.5. The van der Waals surface area contributed by atoms with E-state index in [2.05, 4.69) is 18.6 Å². The maximum atomic E-state index is 11.5. The number of carbonyl (C=O) groups excluding carboxylic acids is 1. The van der Waals surface area contributed by atoms with Crippen LogP contribution in [0.4, 0.5) is 0 Å². The topological polar surface area (TPSA) is 44.8 Å². The van der Waals surface area contributed by atoms with E-state index in [1.807, 2.05) is 0 Å². The Balaban J connectivity index is 3.02. The van der Waals surface area contributed by atoms with Crippen molar-refractivity contribution < 1.29 is 19.0 Å². The van der Waals surface area contributed by atoms with Crippen LogP contribution >= 0.6 is 0 Å². The smallest absolute Gasteiger partial charge is 0.337 e. The lowest BCUT2D eigenvalue weighted by Gasteiger charge is -2.18. The van der Waals surface area contributed by atoms with Crippen LogP contribution in [0.5, 0.6) is 11.5 Å². The summed E-state index contributed by atoms with van der Waals surface area (Å²) in [6, 6.07) is 5.03. The van der Waals surface area contributed by atoms with Gasteiger partial charge in [0.05, 0.1) is 25.9 Å². The summed E-state index contributed by atoms with van der Waals surface area (Å²) in [5.74, 6) is 0.815. The molecule has 100 valence electrons. The molecule has 0 saturated heterocycles. The van der Waals surface area contributed by atoms with Gasteiger partial charge in [-0.2, -0.15) is 0 Å². The Bertz CT molecular complexity index is 397. The van der Waals surface area contributed by atoms with Gasteiger partial charge in [-0.05, 0) is 31.0 Å². The molecule has 0 unspecified atom stereocenters. The SMILES string of the molecule is CCC(CC)Oc1cc(C(=O)OC)ccc1OC. The lowest BCUT2D eigenvalue weighted by Crippen LogP contribution is -2.14. The predicted octanol–water partition coefficient (Wildman–Crippen LogP) is 3.05. The molecule has 0 saturated carbocycles. The molecule has 1 rings (SSSR count). The van der Waals surface area contributed by atoms with Crippen LogP contribution in [0.3, 0.4) is 0 Å². The molecule has 18 heavy (non-hydrogen) atoms. The second-order valence-corrected chi connectivity index (χ2v) is 3.91. The van der Waals surface area contributed by atoms with Crippen molar-refractivity contribution in [2.24, 2.45) is 0 Å². The molecular formula is C14H20O4. The first-order valence-corrected chi connectivity index (χ1v) is 6.09. The van der Waals surface area contributed by atoms with Gasteiger partial charge in [0.2, 0.25) is 0 Å². The first kappa shape index (κ1) is 14.4. The fraction of sp³-hybridized carbons (Fsp3) is 0.500. The van der Waals surface area contributed by atoms with Gasteiger partial charge in [0, 0.05) is 0 Å². The van der Waals surface area contributed by atoms with E-state index >= 15 is 0 Å². The van der Waals surface area contributed by atoms with Gasteiger partial charge in [-0.1, -0.05) is 13.8 Å². The van der Waals surface area contributed by atoms with Crippen molar-refractivity contribution in [1.82, 2.24) is 0 Å². The highest BCUT2D eigenvalue weighted by molar-refractivity contribution is 5.90. The fourth-order valence-corrected chi connectivity index (χ4v) is 1.65. The maximum absolute atomic E-state index is 11.5. The Labute approximate surface area is 108 Å². The molecule has 0 atom stereocenters. The van der Waals surface area contributed by atoms with E-state index in [-0.39, 0.29) is 12.1 Å². The summed E-state index contributed by atoms with van der Waals surface area (Å²) in [5, 5.41) is 0. The lowest BCUT2D eigenvalue weighted by molar-refractivity contribution is 0.0599. The van der Waals surface area contributed by atoms with Crippen molar-refractivity contribution in [3.63, 3.8) is 0 Å². The molecule has 0 bridgehead atoms. The quantitative estimate of drug-likeness (QED) is 0.730. The molecule has 0 N–H and O–H groups in total. The largest absolute Gasteiger partial charge is 0.493 e. The summed E-state index contributed by atoms with van der Waals surface area (Å²) in [4.78, 5) is 11.5. The summed E-state index contributed by atoms with van der Waals surface area (Å²) in [5.41, 5.74) is 0.458. The Morgan fingerprint density at radius 1 is 1.17 bits per heavy atom. The van der Waals surface area contributed by atoms with Gasteiger partial charge in [0.25, 0.3) is 0 Å². The number of hydrogen-bond donors (Lipinski definition) is 0. The zero-order valence-corrected chi connectivity index (χ0v) is 11.4. The van der Waals surface area contributed by atoms with E-state index in [0.717, 1.165) is 12.8 Å². The van der Waals surface area contributed by atoms with Crippen LogP contribution in [-0.4, -0.2) is 26.3 Å². The second-order valence-electron chi connectivity index (χ2n) is 3.91. The number of carbonyl (C=O) groups is 1. The zero-order chi connectivity index (χ0) is 13.5. The molecule has 0 aliphatic heterocycles. The average molecular weight is 252 g/mol. The van der Waals surface area contributed by atoms with E-state index < -0.39 is 0 Å². The van der Waals surface area contributed by atoms with Gasteiger partial charge in [-0.3, -0.25) is 0 Å². The van der Waals surface area contributed by atoms with Gasteiger partial charge >= 0.3 is 5.97 Å². The molecule has 1 aromatic rings. The average Bonchev–Trinajstić information content (AvgIpc) is 2.43. The number of benzene rings is 1. The van der Waals surface area contributed by atoms with Gasteiger partial charge in [-0.15, -0.1) is 0 Å². The van der Waals surface area contributed by atoms with Crippen LogP contribution in [0.25, 0.3) is 0 Å². The van der Waals surface area contributed by atoms with Crippen LogP contribution < -0.4 is 9.47 Å². The summed E-state index contributed by atoms with van der Waals surface area (Å²) >= 11 is 0. The Hall–Kier alpha value is -1.71. The highest BCUT2D eigenvalue weighted by Gasteiger charge is 2.14. The minimum absolute atomic E-state index is 0.117. The molecule has 0 spiro atoms. The first-order valence-electron chi connectivity index (χ1n) is 6.09. The molecule has 0 amide bonds. The first-order chi connectivity index (χ1) is 8.65. The van der Waals surface area contributed by atoms with E-state index in [1.54, 1.807) is 25.3 Å². The van der Waals surface area contributed by atoms with Gasteiger partial charge in [-0.25, -0.2) is 4.79 Å². The van der Waals surface area contributed by atoms with Crippen molar-refractivity contribution in [2.75, 3.05) is 14.2 Å². The van der Waals surface area contributed by atoms with Crippen LogP contribution in [0.1, 0.15) is 37.0 Å². The van der Waals surface area contributed by atoms with Crippen molar-refractivity contribution in [3.05, 3.63) is 23.8 Å². The molecule has 0 aliphatic rings. The molecule has 4 nitrogen and oxygen atoms in total. The standard InChI is InChI=1S/C14H20O4/c1-5-11(6-2)18-13-9-10(14(15)17-4)7-8-12(13)16-3/h7-9,11H,5-6H2,1-4H3. The van der Waals surface area contributed by atoms with Crippen molar-refractivity contribution in [1.29, 1.82) is 0 Å². The van der Waals surface area contributed by atoms with E-state index in [9.17, 15) is 4.79 Å². The Morgan fingerprint density at radius 3 is 2.33 bits per heavy atom. The summed E-state index contributed by atoms with van der Waals surface area (Å²) in [7, 11) is 2.93. The van der Waals surface area contributed by atoms with Gasteiger partial charge < -0.3 is 14.2 Å². The minimum atomic E-state index is -0.382. The van der Waals surface area contributed by atoms with E-state index in [0.29, 0.717) is 17.1 Å².